The molecule has 2 aromatic carbocycles. The van der Waals surface area contributed by atoms with E-state index in [0.717, 1.165) is 29.7 Å². The molecule has 0 atom stereocenters. The number of anilines is 1. The summed E-state index contributed by atoms with van der Waals surface area (Å²) in [6, 6.07) is 12.0. The fourth-order valence-corrected chi connectivity index (χ4v) is 3.80. The lowest BCUT2D eigenvalue weighted by Crippen LogP contribution is -2.28. The van der Waals surface area contributed by atoms with Crippen molar-refractivity contribution in [1.82, 2.24) is 4.31 Å². The summed E-state index contributed by atoms with van der Waals surface area (Å²) < 4.78 is 26.7. The molecule has 1 amide bonds. The van der Waals surface area contributed by atoms with Gasteiger partial charge in [-0.15, -0.1) is 0 Å². The van der Waals surface area contributed by atoms with Gasteiger partial charge in [0.1, 0.15) is 0 Å². The third kappa shape index (κ3) is 4.71. The van der Waals surface area contributed by atoms with Crippen LogP contribution in [-0.2, 0) is 10.0 Å². The van der Waals surface area contributed by atoms with Crippen LogP contribution in [-0.4, -0.2) is 32.2 Å². The molecule has 0 radical (unpaired) electrons. The van der Waals surface area contributed by atoms with E-state index in [2.05, 4.69) is 5.32 Å². The Morgan fingerprint density at radius 1 is 1.12 bits per heavy atom. The van der Waals surface area contributed by atoms with E-state index in [1.54, 1.807) is 19.2 Å². The molecule has 0 fully saturated rings. The molecule has 1 N–H and O–H groups in total. The molecular formula is C20H26N2O3S. The average molecular weight is 375 g/mol. The van der Waals surface area contributed by atoms with E-state index in [1.807, 2.05) is 39.0 Å². The largest absolute Gasteiger partial charge is 0.322 e. The number of amides is 1. The number of unbranched alkanes of at least 4 members (excludes halogenated alkanes) is 1. The van der Waals surface area contributed by atoms with Crippen LogP contribution in [0.5, 0.6) is 0 Å². The summed E-state index contributed by atoms with van der Waals surface area (Å²) in [5.74, 6) is -0.327. The topological polar surface area (TPSA) is 66.5 Å². The van der Waals surface area contributed by atoms with Crippen LogP contribution >= 0.6 is 0 Å². The van der Waals surface area contributed by atoms with Crippen LogP contribution in [0.2, 0.25) is 0 Å². The van der Waals surface area contributed by atoms with Gasteiger partial charge in [0.25, 0.3) is 5.91 Å². The third-order valence-electron chi connectivity index (χ3n) is 4.27. The number of rotatable bonds is 7. The van der Waals surface area contributed by atoms with Gasteiger partial charge in [-0.25, -0.2) is 12.7 Å². The first-order valence-corrected chi connectivity index (χ1v) is 10.1. The molecule has 5 nitrogen and oxygen atoms in total. The molecule has 0 aromatic heterocycles. The summed E-state index contributed by atoms with van der Waals surface area (Å²) in [6.07, 6.45) is 1.71. The van der Waals surface area contributed by atoms with Crippen LogP contribution in [0.4, 0.5) is 5.69 Å². The lowest BCUT2D eigenvalue weighted by Gasteiger charge is -2.17. The summed E-state index contributed by atoms with van der Waals surface area (Å²) in [6.45, 7) is 6.34. The van der Waals surface area contributed by atoms with Gasteiger partial charge in [-0.1, -0.05) is 31.5 Å². The Labute approximate surface area is 156 Å². The van der Waals surface area contributed by atoms with Crippen LogP contribution in [0.15, 0.2) is 47.4 Å². The van der Waals surface area contributed by atoms with Gasteiger partial charge in [0.15, 0.2) is 0 Å². The predicted octanol–water partition coefficient (Wildman–Crippen LogP) is 3.98. The molecule has 0 aliphatic rings. The Morgan fingerprint density at radius 2 is 1.85 bits per heavy atom. The minimum atomic E-state index is -3.60. The third-order valence-corrected chi connectivity index (χ3v) is 6.13. The number of carbonyl (C=O) groups is 1. The Bertz CT molecular complexity index is 892. The number of nitrogens with zero attached hydrogens (tertiary/aromatic N) is 1. The van der Waals surface area contributed by atoms with Crippen LogP contribution < -0.4 is 5.32 Å². The van der Waals surface area contributed by atoms with Crippen molar-refractivity contribution in [3.63, 3.8) is 0 Å². The molecule has 6 heteroatoms. The number of aryl methyl sites for hydroxylation is 2. The fraction of sp³-hybridized carbons (Fsp3) is 0.350. The number of benzene rings is 2. The summed E-state index contributed by atoms with van der Waals surface area (Å²) in [7, 11) is -2.04. The van der Waals surface area contributed by atoms with E-state index in [0.29, 0.717) is 12.1 Å². The molecule has 0 spiro atoms. The van der Waals surface area contributed by atoms with E-state index >= 15 is 0 Å². The number of hydrogen-bond acceptors (Lipinski definition) is 3. The summed E-state index contributed by atoms with van der Waals surface area (Å²) >= 11 is 0. The smallest absolute Gasteiger partial charge is 0.255 e. The van der Waals surface area contributed by atoms with Crippen molar-refractivity contribution in [2.24, 2.45) is 0 Å². The highest BCUT2D eigenvalue weighted by Crippen LogP contribution is 2.20. The van der Waals surface area contributed by atoms with E-state index in [-0.39, 0.29) is 10.8 Å². The molecule has 26 heavy (non-hydrogen) atoms. The van der Waals surface area contributed by atoms with Crippen molar-refractivity contribution >= 4 is 21.6 Å². The average Bonchev–Trinajstić information content (AvgIpc) is 2.62. The maximum absolute atomic E-state index is 12.7. The SMILES string of the molecule is CCCCN(C)S(=O)(=O)c1cccc(C(=O)Nc2cc(C)ccc2C)c1. The van der Waals surface area contributed by atoms with Crippen molar-refractivity contribution in [2.75, 3.05) is 18.9 Å². The maximum atomic E-state index is 12.7. The Balaban J connectivity index is 2.25. The van der Waals surface area contributed by atoms with Gasteiger partial charge in [-0.2, -0.15) is 0 Å². The van der Waals surface area contributed by atoms with Crippen molar-refractivity contribution in [2.45, 2.75) is 38.5 Å². The minimum Gasteiger partial charge on any atom is -0.322 e. The molecular weight excluding hydrogens is 348 g/mol. The molecule has 0 bridgehead atoms. The Kier molecular flexibility index (Phi) is 6.56. The van der Waals surface area contributed by atoms with Gasteiger partial charge in [0.05, 0.1) is 4.90 Å². The first kappa shape index (κ1) is 20.1. The number of carbonyl (C=O) groups excluding carboxylic acids is 1. The van der Waals surface area contributed by atoms with Crippen LogP contribution in [0.1, 0.15) is 41.3 Å². The van der Waals surface area contributed by atoms with Gasteiger partial charge in [-0.05, 0) is 55.7 Å². The number of sulfonamides is 1. The highest BCUT2D eigenvalue weighted by atomic mass is 32.2. The molecule has 0 aliphatic carbocycles. The van der Waals surface area contributed by atoms with E-state index < -0.39 is 10.0 Å². The summed E-state index contributed by atoms with van der Waals surface area (Å²) in [5, 5.41) is 2.86. The van der Waals surface area contributed by atoms with Crippen molar-refractivity contribution in [3.05, 3.63) is 59.2 Å². The second-order valence-electron chi connectivity index (χ2n) is 6.48. The molecule has 0 saturated heterocycles. The first-order chi connectivity index (χ1) is 12.3. The monoisotopic (exact) mass is 374 g/mol. The van der Waals surface area contributed by atoms with Crippen molar-refractivity contribution in [1.29, 1.82) is 0 Å². The normalized spacial score (nSPS) is 11.6. The van der Waals surface area contributed by atoms with Crippen LogP contribution in [0, 0.1) is 13.8 Å². The van der Waals surface area contributed by atoms with Crippen LogP contribution in [0.25, 0.3) is 0 Å². The molecule has 140 valence electrons. The number of hydrogen-bond donors (Lipinski definition) is 1. The van der Waals surface area contributed by atoms with E-state index in [9.17, 15) is 13.2 Å². The summed E-state index contributed by atoms with van der Waals surface area (Å²) in [4.78, 5) is 12.7. The maximum Gasteiger partial charge on any atom is 0.255 e. The molecule has 0 heterocycles. The lowest BCUT2D eigenvalue weighted by molar-refractivity contribution is 0.102. The van der Waals surface area contributed by atoms with Gasteiger partial charge in [-0.3, -0.25) is 4.79 Å². The summed E-state index contributed by atoms with van der Waals surface area (Å²) in [5.41, 5.74) is 3.03. The Hall–Kier alpha value is -2.18. The predicted molar refractivity (Wildman–Crippen MR) is 105 cm³/mol. The second-order valence-corrected chi connectivity index (χ2v) is 8.53. The zero-order valence-electron chi connectivity index (χ0n) is 15.7. The zero-order chi connectivity index (χ0) is 19.3. The highest BCUT2D eigenvalue weighted by molar-refractivity contribution is 7.89. The van der Waals surface area contributed by atoms with Crippen LogP contribution in [0.3, 0.4) is 0 Å². The quantitative estimate of drug-likeness (QED) is 0.797. The lowest BCUT2D eigenvalue weighted by atomic mass is 10.1. The van der Waals surface area contributed by atoms with Gasteiger partial charge < -0.3 is 5.32 Å². The van der Waals surface area contributed by atoms with Gasteiger partial charge in [0.2, 0.25) is 10.0 Å². The van der Waals surface area contributed by atoms with Crippen molar-refractivity contribution in [3.8, 4) is 0 Å². The molecule has 2 rings (SSSR count). The van der Waals surface area contributed by atoms with Gasteiger partial charge in [0, 0.05) is 24.8 Å². The molecule has 0 unspecified atom stereocenters. The van der Waals surface area contributed by atoms with E-state index in [4.69, 9.17) is 0 Å². The Morgan fingerprint density at radius 3 is 2.54 bits per heavy atom. The van der Waals surface area contributed by atoms with Crippen molar-refractivity contribution < 1.29 is 13.2 Å². The fourth-order valence-electron chi connectivity index (χ4n) is 2.54. The number of nitrogens with one attached hydrogen (secondary N) is 1. The molecule has 0 saturated carbocycles. The minimum absolute atomic E-state index is 0.129. The molecule has 2 aromatic rings. The zero-order valence-corrected chi connectivity index (χ0v) is 16.6. The molecule has 0 aliphatic heterocycles. The highest BCUT2D eigenvalue weighted by Gasteiger charge is 2.21. The first-order valence-electron chi connectivity index (χ1n) is 8.70. The van der Waals surface area contributed by atoms with E-state index in [1.165, 1.54) is 16.4 Å². The van der Waals surface area contributed by atoms with Gasteiger partial charge >= 0.3 is 0 Å². The second kappa shape index (κ2) is 8.47. The standard InChI is InChI=1S/C20H26N2O3S/c1-5-6-12-22(4)26(24,25)18-9-7-8-17(14-18)20(23)21-19-13-15(2)10-11-16(19)3/h7-11,13-14H,5-6,12H2,1-4H3,(H,21,23).